The minimum Gasteiger partial charge on any atom is -0.491 e. The summed E-state index contributed by atoms with van der Waals surface area (Å²) >= 11 is 2.95. The maximum absolute atomic E-state index is 12.5. The van der Waals surface area contributed by atoms with Crippen LogP contribution in [0.4, 0.5) is 0 Å². The topological polar surface area (TPSA) is 56.5 Å². The molecule has 3 aromatic heterocycles. The highest BCUT2D eigenvalue weighted by molar-refractivity contribution is 7.15. The second-order valence-electron chi connectivity index (χ2n) is 5.75. The van der Waals surface area contributed by atoms with Crippen molar-refractivity contribution in [2.45, 2.75) is 20.0 Å². The molecule has 1 aromatic carbocycles. The second kappa shape index (κ2) is 6.42. The van der Waals surface area contributed by atoms with Crippen molar-refractivity contribution in [2.75, 3.05) is 0 Å². The minimum absolute atomic E-state index is 0.128. The van der Waals surface area contributed by atoms with E-state index in [9.17, 15) is 4.79 Å². The zero-order valence-corrected chi connectivity index (χ0v) is 15.3. The van der Waals surface area contributed by atoms with Crippen LogP contribution in [0.15, 0.2) is 46.6 Å². The Hall–Kier alpha value is -2.51. The van der Waals surface area contributed by atoms with Crippen LogP contribution in [0.5, 0.6) is 5.75 Å². The van der Waals surface area contributed by atoms with E-state index in [0.717, 1.165) is 16.2 Å². The van der Waals surface area contributed by atoms with E-state index in [2.05, 4.69) is 10.1 Å². The highest BCUT2D eigenvalue weighted by Gasteiger charge is 2.12. The number of nitrogens with zero attached hydrogens (tertiary/aromatic N) is 3. The molecule has 5 nitrogen and oxygen atoms in total. The summed E-state index contributed by atoms with van der Waals surface area (Å²) in [4.78, 5) is 18.6. The molecule has 0 spiro atoms. The Kier molecular flexibility index (Phi) is 4.10. The van der Waals surface area contributed by atoms with Gasteiger partial charge in [0.25, 0.3) is 5.56 Å². The molecule has 4 aromatic rings. The van der Waals surface area contributed by atoms with E-state index in [-0.39, 0.29) is 11.7 Å². The summed E-state index contributed by atoms with van der Waals surface area (Å²) < 4.78 is 7.65. The lowest BCUT2D eigenvalue weighted by molar-refractivity contribution is 0.242. The summed E-state index contributed by atoms with van der Waals surface area (Å²) in [6.45, 7) is 3.97. The molecule has 126 valence electrons. The number of hydrogen-bond acceptors (Lipinski definition) is 6. The molecular formula is C18H15N3O2S2. The van der Waals surface area contributed by atoms with Crippen molar-refractivity contribution in [3.63, 3.8) is 0 Å². The first-order chi connectivity index (χ1) is 12.1. The zero-order valence-electron chi connectivity index (χ0n) is 13.7. The monoisotopic (exact) mass is 369 g/mol. The highest BCUT2D eigenvalue weighted by Crippen LogP contribution is 2.21. The molecule has 0 N–H and O–H groups in total. The molecular weight excluding hydrogens is 354 g/mol. The fourth-order valence-corrected chi connectivity index (χ4v) is 4.04. The van der Waals surface area contributed by atoms with Crippen molar-refractivity contribution in [3.05, 3.63) is 61.5 Å². The highest BCUT2D eigenvalue weighted by atomic mass is 32.1. The number of ether oxygens (including phenoxy) is 1. The van der Waals surface area contributed by atoms with Crippen LogP contribution < -0.4 is 14.8 Å². The van der Waals surface area contributed by atoms with Gasteiger partial charge in [-0.3, -0.25) is 4.79 Å². The number of thiazole rings is 1. The molecule has 4 rings (SSSR count). The Labute approximate surface area is 151 Å². The lowest BCUT2D eigenvalue weighted by atomic mass is 10.2. The molecule has 0 fully saturated rings. The number of thiophene rings is 1. The van der Waals surface area contributed by atoms with E-state index in [1.54, 1.807) is 11.3 Å². The third kappa shape index (κ3) is 3.20. The number of fused-ring (bicyclic) bond motifs is 1. The van der Waals surface area contributed by atoms with Crippen LogP contribution in [0.1, 0.15) is 18.7 Å². The molecule has 0 bridgehead atoms. The molecule has 3 heterocycles. The van der Waals surface area contributed by atoms with Crippen LogP contribution in [0.3, 0.4) is 0 Å². The largest absolute Gasteiger partial charge is 0.491 e. The van der Waals surface area contributed by atoms with E-state index in [1.807, 2.05) is 61.7 Å². The maximum atomic E-state index is 12.5. The third-order valence-electron chi connectivity index (χ3n) is 3.48. The minimum atomic E-state index is -0.132. The molecule has 25 heavy (non-hydrogen) atoms. The van der Waals surface area contributed by atoms with Gasteiger partial charge in [-0.05, 0) is 55.6 Å². The van der Waals surface area contributed by atoms with E-state index < -0.39 is 0 Å². The summed E-state index contributed by atoms with van der Waals surface area (Å²) in [7, 11) is 0. The molecule has 0 aliphatic carbocycles. The first kappa shape index (κ1) is 16.0. The summed E-state index contributed by atoms with van der Waals surface area (Å²) in [6, 6.07) is 11.5. The van der Waals surface area contributed by atoms with Crippen molar-refractivity contribution in [1.29, 1.82) is 0 Å². The van der Waals surface area contributed by atoms with Gasteiger partial charge in [-0.25, -0.2) is 0 Å². The SMILES string of the molecule is CC(C)Oc1ccc(-c2nc3sc(=Cc4cccs4)c(=O)n3n2)cc1. The van der Waals surface area contributed by atoms with Crippen molar-refractivity contribution >= 4 is 33.7 Å². The predicted molar refractivity (Wildman–Crippen MR) is 101 cm³/mol. The van der Waals surface area contributed by atoms with Gasteiger partial charge in [0, 0.05) is 10.4 Å². The smallest absolute Gasteiger partial charge is 0.291 e. The van der Waals surface area contributed by atoms with Gasteiger partial charge in [0.2, 0.25) is 4.96 Å². The number of aromatic nitrogens is 3. The van der Waals surface area contributed by atoms with Crippen LogP contribution in [0.2, 0.25) is 0 Å². The van der Waals surface area contributed by atoms with Crippen LogP contribution in [-0.4, -0.2) is 20.7 Å². The molecule has 0 radical (unpaired) electrons. The van der Waals surface area contributed by atoms with Gasteiger partial charge in [0.1, 0.15) is 5.75 Å². The lowest BCUT2D eigenvalue weighted by Crippen LogP contribution is -2.23. The molecule has 7 heteroatoms. The van der Waals surface area contributed by atoms with Gasteiger partial charge < -0.3 is 4.74 Å². The molecule has 0 atom stereocenters. The Morgan fingerprint density at radius 3 is 2.64 bits per heavy atom. The van der Waals surface area contributed by atoms with E-state index in [1.165, 1.54) is 15.9 Å². The molecule has 0 amide bonds. The summed E-state index contributed by atoms with van der Waals surface area (Å²) in [6.07, 6.45) is 2.01. The van der Waals surface area contributed by atoms with Crippen LogP contribution in [0.25, 0.3) is 22.4 Å². The third-order valence-corrected chi connectivity index (χ3v) is 5.26. The number of benzene rings is 1. The molecule has 0 saturated carbocycles. The van der Waals surface area contributed by atoms with Gasteiger partial charge in [-0.15, -0.1) is 16.4 Å². The number of hydrogen-bond donors (Lipinski definition) is 0. The van der Waals surface area contributed by atoms with Crippen molar-refractivity contribution < 1.29 is 4.74 Å². The molecule has 0 unspecified atom stereocenters. The fraction of sp³-hybridized carbons (Fsp3) is 0.167. The second-order valence-corrected chi connectivity index (χ2v) is 7.74. The lowest BCUT2D eigenvalue weighted by Gasteiger charge is -2.09. The average molecular weight is 369 g/mol. The maximum Gasteiger partial charge on any atom is 0.291 e. The summed E-state index contributed by atoms with van der Waals surface area (Å²) in [5.41, 5.74) is 0.724. The number of rotatable bonds is 4. The van der Waals surface area contributed by atoms with E-state index >= 15 is 0 Å². The van der Waals surface area contributed by atoms with Crippen LogP contribution in [0, 0.1) is 0 Å². The first-order valence-corrected chi connectivity index (χ1v) is 9.51. The molecule has 0 saturated heterocycles. The standard InChI is InChI=1S/C18H15N3O2S2/c1-11(2)23-13-7-5-12(6-8-13)16-19-18-21(20-16)17(22)15(25-18)10-14-4-3-9-24-14/h3-11H,1-2H3. The Morgan fingerprint density at radius 2 is 2.00 bits per heavy atom. The average Bonchev–Trinajstić information content (AvgIpc) is 3.28. The Morgan fingerprint density at radius 1 is 1.20 bits per heavy atom. The van der Waals surface area contributed by atoms with Crippen molar-refractivity contribution in [3.8, 4) is 17.1 Å². The van der Waals surface area contributed by atoms with Crippen LogP contribution >= 0.6 is 22.7 Å². The first-order valence-electron chi connectivity index (χ1n) is 7.82. The summed E-state index contributed by atoms with van der Waals surface area (Å²) in [5.74, 6) is 1.35. The van der Waals surface area contributed by atoms with Crippen molar-refractivity contribution in [2.24, 2.45) is 0 Å². The molecule has 0 aliphatic heterocycles. The van der Waals surface area contributed by atoms with E-state index in [0.29, 0.717) is 15.3 Å². The van der Waals surface area contributed by atoms with Gasteiger partial charge in [-0.1, -0.05) is 17.4 Å². The molecule has 0 aliphatic rings. The predicted octanol–water partition coefficient (Wildman–Crippen LogP) is 3.21. The quantitative estimate of drug-likeness (QED) is 0.554. The van der Waals surface area contributed by atoms with Gasteiger partial charge in [0.15, 0.2) is 5.82 Å². The zero-order chi connectivity index (χ0) is 17.4. The van der Waals surface area contributed by atoms with E-state index in [4.69, 9.17) is 4.74 Å². The van der Waals surface area contributed by atoms with Gasteiger partial charge >= 0.3 is 0 Å². The Bertz CT molecular complexity index is 1110. The van der Waals surface area contributed by atoms with Crippen LogP contribution in [-0.2, 0) is 0 Å². The fourth-order valence-electron chi connectivity index (χ4n) is 2.41. The van der Waals surface area contributed by atoms with Gasteiger partial charge in [0.05, 0.1) is 10.6 Å². The summed E-state index contributed by atoms with van der Waals surface area (Å²) in [5, 5.41) is 6.35. The van der Waals surface area contributed by atoms with Gasteiger partial charge in [-0.2, -0.15) is 9.50 Å². The normalized spacial score (nSPS) is 12.4. The van der Waals surface area contributed by atoms with Crippen molar-refractivity contribution in [1.82, 2.24) is 14.6 Å². The Balaban J connectivity index is 1.70.